The van der Waals surface area contributed by atoms with Gasteiger partial charge in [0.25, 0.3) is 0 Å². The molecule has 0 spiro atoms. The summed E-state index contributed by atoms with van der Waals surface area (Å²) in [5, 5.41) is 5.08. The van der Waals surface area contributed by atoms with Crippen molar-refractivity contribution in [2.24, 2.45) is 0 Å². The summed E-state index contributed by atoms with van der Waals surface area (Å²) in [6.45, 7) is 8.33. The van der Waals surface area contributed by atoms with Crippen LogP contribution in [0.25, 0.3) is 0 Å². The van der Waals surface area contributed by atoms with Gasteiger partial charge in [0.2, 0.25) is 5.91 Å². The van der Waals surface area contributed by atoms with Crippen LogP contribution in [0.1, 0.15) is 57.8 Å². The third-order valence-corrected chi connectivity index (χ3v) is 3.45. The molecular formula is C20H28N2O6. The Bertz CT molecular complexity index is 706. The van der Waals surface area contributed by atoms with Crippen molar-refractivity contribution in [1.29, 1.82) is 0 Å². The van der Waals surface area contributed by atoms with E-state index in [1.54, 1.807) is 52.0 Å². The number of hydrogen-bond acceptors (Lipinski definition) is 6. The predicted molar refractivity (Wildman–Crippen MR) is 104 cm³/mol. The second kappa shape index (κ2) is 10.4. The van der Waals surface area contributed by atoms with Crippen LogP contribution in [0.15, 0.2) is 24.3 Å². The number of carbonyl (C=O) groups is 4. The first kappa shape index (κ1) is 23.1. The summed E-state index contributed by atoms with van der Waals surface area (Å²) in [4.78, 5) is 47.5. The standard InChI is InChI=1S/C20H28N2O6/c1-6-27-18(25)16(22-19(26)28-20(3,4)5)11-12-17(24)14-7-9-15(10-8-14)21-13(2)23/h7-10,16H,6,11-12H2,1-5H3,(H,21,23)(H,22,26)/t16-/m0/s1. The molecule has 0 heterocycles. The maximum absolute atomic E-state index is 12.4. The Balaban J connectivity index is 2.72. The number of amides is 2. The average Bonchev–Trinajstić information content (AvgIpc) is 2.57. The lowest BCUT2D eigenvalue weighted by Crippen LogP contribution is -2.44. The largest absolute Gasteiger partial charge is 0.464 e. The minimum Gasteiger partial charge on any atom is -0.464 e. The topological polar surface area (TPSA) is 111 Å². The van der Waals surface area contributed by atoms with Gasteiger partial charge in [-0.2, -0.15) is 0 Å². The highest BCUT2D eigenvalue weighted by Crippen LogP contribution is 2.14. The Labute approximate surface area is 165 Å². The van der Waals surface area contributed by atoms with Crippen LogP contribution in [0, 0.1) is 0 Å². The number of carbonyl (C=O) groups excluding carboxylic acids is 4. The Morgan fingerprint density at radius 2 is 1.68 bits per heavy atom. The van der Waals surface area contributed by atoms with Gasteiger partial charge in [0.1, 0.15) is 11.6 Å². The van der Waals surface area contributed by atoms with E-state index < -0.39 is 23.7 Å². The molecule has 0 aliphatic rings. The number of rotatable bonds is 8. The van der Waals surface area contributed by atoms with Gasteiger partial charge >= 0.3 is 12.1 Å². The van der Waals surface area contributed by atoms with E-state index in [9.17, 15) is 19.2 Å². The number of benzene rings is 1. The molecule has 154 valence electrons. The Kier molecular flexibility index (Phi) is 8.63. The van der Waals surface area contributed by atoms with Gasteiger partial charge in [-0.25, -0.2) is 9.59 Å². The van der Waals surface area contributed by atoms with Crippen molar-refractivity contribution in [3.8, 4) is 0 Å². The molecule has 0 aromatic heterocycles. The first-order valence-electron chi connectivity index (χ1n) is 9.09. The smallest absolute Gasteiger partial charge is 0.408 e. The molecule has 0 aliphatic carbocycles. The Hall–Kier alpha value is -2.90. The molecule has 2 N–H and O–H groups in total. The van der Waals surface area contributed by atoms with Crippen molar-refractivity contribution in [1.82, 2.24) is 5.32 Å². The fourth-order valence-corrected chi connectivity index (χ4v) is 2.30. The number of esters is 1. The molecule has 0 saturated heterocycles. The van der Waals surface area contributed by atoms with E-state index in [0.29, 0.717) is 11.3 Å². The molecule has 1 atom stereocenters. The van der Waals surface area contributed by atoms with E-state index >= 15 is 0 Å². The fourth-order valence-electron chi connectivity index (χ4n) is 2.30. The van der Waals surface area contributed by atoms with E-state index in [1.165, 1.54) is 6.92 Å². The van der Waals surface area contributed by atoms with E-state index in [-0.39, 0.29) is 31.1 Å². The normalized spacial score (nSPS) is 11.9. The van der Waals surface area contributed by atoms with Gasteiger partial charge in [-0.05, 0) is 58.4 Å². The van der Waals surface area contributed by atoms with Crippen molar-refractivity contribution in [3.63, 3.8) is 0 Å². The lowest BCUT2D eigenvalue weighted by atomic mass is 10.0. The summed E-state index contributed by atoms with van der Waals surface area (Å²) >= 11 is 0. The number of anilines is 1. The van der Waals surface area contributed by atoms with Gasteiger partial charge in [0.05, 0.1) is 6.61 Å². The molecule has 0 unspecified atom stereocenters. The van der Waals surface area contributed by atoms with Crippen LogP contribution < -0.4 is 10.6 Å². The number of Topliss-reactive ketones (excluding diaryl/α,β-unsaturated/α-hetero) is 1. The molecule has 0 bridgehead atoms. The van der Waals surface area contributed by atoms with Gasteiger partial charge in [-0.3, -0.25) is 9.59 Å². The minimum atomic E-state index is -0.989. The van der Waals surface area contributed by atoms with Crippen LogP contribution in [0.3, 0.4) is 0 Å². The van der Waals surface area contributed by atoms with Crippen LogP contribution in [-0.2, 0) is 19.1 Å². The third-order valence-electron chi connectivity index (χ3n) is 3.45. The molecule has 0 fully saturated rings. The summed E-state index contributed by atoms with van der Waals surface area (Å²) < 4.78 is 10.1. The molecule has 8 heteroatoms. The maximum Gasteiger partial charge on any atom is 0.408 e. The van der Waals surface area contributed by atoms with Gasteiger partial charge in [0, 0.05) is 24.6 Å². The second-order valence-corrected chi connectivity index (χ2v) is 7.17. The number of hydrogen-bond donors (Lipinski definition) is 2. The number of ketones is 1. The van der Waals surface area contributed by atoms with Gasteiger partial charge in [0.15, 0.2) is 5.78 Å². The summed E-state index contributed by atoms with van der Waals surface area (Å²) in [6.07, 6.45) is -0.652. The third kappa shape index (κ3) is 8.66. The lowest BCUT2D eigenvalue weighted by molar-refractivity contribution is -0.145. The zero-order chi connectivity index (χ0) is 21.3. The molecule has 2 amide bonds. The van der Waals surface area contributed by atoms with Crippen molar-refractivity contribution in [2.45, 2.75) is 59.1 Å². The quantitative estimate of drug-likeness (QED) is 0.520. The Morgan fingerprint density at radius 1 is 1.07 bits per heavy atom. The zero-order valence-corrected chi connectivity index (χ0v) is 17.0. The Morgan fingerprint density at radius 3 is 2.18 bits per heavy atom. The maximum atomic E-state index is 12.4. The zero-order valence-electron chi connectivity index (χ0n) is 17.0. The predicted octanol–water partition coefficient (Wildman–Crippen LogP) is 3.06. The molecule has 1 rings (SSSR count). The molecule has 0 radical (unpaired) electrons. The van der Waals surface area contributed by atoms with Crippen LogP contribution in [0.5, 0.6) is 0 Å². The van der Waals surface area contributed by atoms with Crippen molar-refractivity contribution < 1.29 is 28.7 Å². The summed E-state index contributed by atoms with van der Waals surface area (Å²) in [6, 6.07) is 5.44. The number of alkyl carbamates (subject to hydrolysis) is 1. The average molecular weight is 392 g/mol. The van der Waals surface area contributed by atoms with E-state index in [4.69, 9.17) is 9.47 Å². The molecule has 0 saturated carbocycles. The number of nitrogens with one attached hydrogen (secondary N) is 2. The molecule has 8 nitrogen and oxygen atoms in total. The van der Waals surface area contributed by atoms with Crippen LogP contribution in [0.2, 0.25) is 0 Å². The first-order valence-corrected chi connectivity index (χ1v) is 9.09. The monoisotopic (exact) mass is 392 g/mol. The van der Waals surface area contributed by atoms with Crippen molar-refractivity contribution in [2.75, 3.05) is 11.9 Å². The molecule has 0 aliphatic heterocycles. The van der Waals surface area contributed by atoms with Gasteiger partial charge < -0.3 is 20.1 Å². The second-order valence-electron chi connectivity index (χ2n) is 7.17. The molecular weight excluding hydrogens is 364 g/mol. The highest BCUT2D eigenvalue weighted by Gasteiger charge is 2.26. The minimum absolute atomic E-state index is 0.0265. The highest BCUT2D eigenvalue weighted by atomic mass is 16.6. The van der Waals surface area contributed by atoms with E-state index in [1.807, 2.05) is 0 Å². The van der Waals surface area contributed by atoms with E-state index in [0.717, 1.165) is 0 Å². The van der Waals surface area contributed by atoms with Gasteiger partial charge in [-0.15, -0.1) is 0 Å². The first-order chi connectivity index (χ1) is 13.0. The van der Waals surface area contributed by atoms with Crippen LogP contribution in [0.4, 0.5) is 10.5 Å². The van der Waals surface area contributed by atoms with Crippen LogP contribution >= 0.6 is 0 Å². The highest BCUT2D eigenvalue weighted by molar-refractivity contribution is 5.97. The summed E-state index contributed by atoms with van der Waals surface area (Å²) in [5.74, 6) is -1.03. The molecule has 1 aromatic carbocycles. The summed E-state index contributed by atoms with van der Waals surface area (Å²) in [7, 11) is 0. The fraction of sp³-hybridized carbons (Fsp3) is 0.500. The number of ether oxygens (including phenoxy) is 2. The van der Waals surface area contributed by atoms with Gasteiger partial charge in [-0.1, -0.05) is 0 Å². The lowest BCUT2D eigenvalue weighted by Gasteiger charge is -2.22. The van der Waals surface area contributed by atoms with E-state index in [2.05, 4.69) is 10.6 Å². The van der Waals surface area contributed by atoms with Crippen LogP contribution in [-0.4, -0.2) is 42.0 Å². The van der Waals surface area contributed by atoms with Crippen molar-refractivity contribution >= 4 is 29.4 Å². The summed E-state index contributed by atoms with van der Waals surface area (Å²) in [5.41, 5.74) is 0.309. The molecule has 1 aromatic rings. The SMILES string of the molecule is CCOC(=O)[C@H](CCC(=O)c1ccc(NC(C)=O)cc1)NC(=O)OC(C)(C)C. The van der Waals surface area contributed by atoms with Crippen molar-refractivity contribution in [3.05, 3.63) is 29.8 Å². The molecule has 28 heavy (non-hydrogen) atoms.